The molecule has 2 aromatic heterocycles. The number of thioether (sulfide) groups is 2. The molecule has 4 aromatic rings. The van der Waals surface area contributed by atoms with Crippen molar-refractivity contribution in [2.24, 2.45) is 35.1 Å². The summed E-state index contributed by atoms with van der Waals surface area (Å²) >= 11 is 1.89. The molecular weight excluding hydrogens is 1750 g/mol. The molecule has 19 N–H and O–H groups in total. The van der Waals surface area contributed by atoms with Crippen molar-refractivity contribution in [3.63, 3.8) is 0 Å². The minimum absolute atomic E-state index is 0.00653. The van der Waals surface area contributed by atoms with Crippen molar-refractivity contribution in [1.82, 2.24) is 81.5 Å². The largest absolute Gasteiger partial charge is 0.481 e. The zero-order valence-corrected chi connectivity index (χ0v) is 76.4. The molecule has 5 heterocycles. The number of carboxylic acid groups (broad SMARTS) is 1. The number of ketones is 2. The molecule has 2 bridgehead atoms. The van der Waals surface area contributed by atoms with Gasteiger partial charge in [0.15, 0.2) is 11.6 Å². The number of aromatic nitrogens is 2. The van der Waals surface area contributed by atoms with Crippen LogP contribution in [-0.2, 0) is 119 Å². The zero-order chi connectivity index (χ0) is 95.2. The summed E-state index contributed by atoms with van der Waals surface area (Å²) in [5, 5.41) is 48.0. The van der Waals surface area contributed by atoms with Crippen molar-refractivity contribution in [3.8, 4) is 0 Å². The van der Waals surface area contributed by atoms with Gasteiger partial charge in [0.2, 0.25) is 96.8 Å². The lowest BCUT2D eigenvalue weighted by Crippen LogP contribution is -3.11. The average molecular weight is 1870 g/mol. The number of nitrogens with one attached hydrogen (secondary N) is 13. The second kappa shape index (κ2) is 50.3. The van der Waals surface area contributed by atoms with E-state index in [0.29, 0.717) is 44.3 Å². The molecule has 706 valence electrons. The van der Waals surface area contributed by atoms with Crippen LogP contribution in [0.1, 0.15) is 111 Å². The Bertz CT molecular complexity index is 4910. The monoisotopic (exact) mass is 1870 g/mol. The number of hydrogen-bond acceptors (Lipinski definition) is 26. The molecule has 3 aliphatic heterocycles. The van der Waals surface area contributed by atoms with Crippen LogP contribution in [0.25, 0.3) is 21.8 Å². The normalized spacial score (nSPS) is 26.2. The van der Waals surface area contributed by atoms with E-state index in [-0.39, 0.29) is 101 Å². The van der Waals surface area contributed by atoms with E-state index in [0.717, 1.165) is 37.0 Å². The summed E-state index contributed by atoms with van der Waals surface area (Å²) in [6.45, 7) is 9.35. The van der Waals surface area contributed by atoms with Gasteiger partial charge in [0.25, 0.3) is 0 Å². The number of carboxylic acids is 1. The smallest absolute Gasteiger partial charge is 0.373 e. The van der Waals surface area contributed by atoms with Crippen molar-refractivity contribution in [3.05, 3.63) is 72.1 Å². The number of rotatable bonds is 19. The quantitative estimate of drug-likeness (QED) is 0.0417. The van der Waals surface area contributed by atoms with E-state index in [4.69, 9.17) is 21.1 Å². The SMILES string of the molecule is CC[C@@H]1CC(=O)[C@H]([C@@H](C)O)NC(=O)[C@@H](CC(=O)[C@H](C)NC(=O)CN(C)C(=O)CCN)CSCCS(=O)(=O)N2CCN(C[NH+](C)C2)S(=O)(=O)CCSC[C@@H](C(N)=O)NC(=O)[C@@H]2CCCN2C(=O)[C@H](C(C)C)NC(=O)[C@H](Cc2c[nH]c3ccccc23)NC(=O)CNC(=O)[C@H](CC(=O)O)NC(=O)[C@H](C(C)C)NC(=O)[C@H](Cc2c[nH]c3ccccc23)NC(=O)[C@H](C)NC1=O.O=C=O. The number of H-pyrrole nitrogens is 2. The van der Waals surface area contributed by atoms with Crippen LogP contribution in [0.2, 0.25) is 0 Å². The van der Waals surface area contributed by atoms with Crippen molar-refractivity contribution in [1.29, 1.82) is 0 Å². The van der Waals surface area contributed by atoms with Gasteiger partial charge in [0, 0.05) is 128 Å². The fourth-order valence-electron chi connectivity index (χ4n) is 14.5. The summed E-state index contributed by atoms with van der Waals surface area (Å²) in [4.78, 5) is 249. The van der Waals surface area contributed by atoms with Gasteiger partial charge in [-0.25, -0.2) is 16.8 Å². The van der Waals surface area contributed by atoms with E-state index >= 15 is 0 Å². The number of aliphatic hydroxyl groups is 1. The fraction of sp³-hybridized carbons (Fsp3) is 0.593. The highest BCUT2D eigenvalue weighted by molar-refractivity contribution is 8.00. The summed E-state index contributed by atoms with van der Waals surface area (Å²) in [5.74, 6) is -20.8. The zero-order valence-electron chi connectivity index (χ0n) is 73.1. The second-order valence-corrected chi connectivity index (χ2v) is 38.9. The number of carbonyl (C=O) groups excluding carboxylic acids is 17. The number of benzene rings is 2. The Morgan fingerprint density at radius 1 is 0.641 bits per heavy atom. The van der Waals surface area contributed by atoms with E-state index in [1.165, 1.54) is 46.6 Å². The van der Waals surface area contributed by atoms with E-state index in [1.54, 1.807) is 88.7 Å². The third-order valence-electron chi connectivity index (χ3n) is 21.8. The molecular formula is C81H120N19O24S4+. The molecule has 3 aliphatic rings. The number of para-hydroxylation sites is 2. The molecule has 128 heavy (non-hydrogen) atoms. The number of sulfonamides is 2. The third-order valence-corrected chi connectivity index (χ3v) is 28.1. The van der Waals surface area contributed by atoms with Crippen molar-refractivity contribution < 1.29 is 118 Å². The number of fused-ring (bicyclic) bond motifs is 6. The summed E-state index contributed by atoms with van der Waals surface area (Å²) in [6.07, 6.45) is -0.736. The summed E-state index contributed by atoms with van der Waals surface area (Å²) in [7, 11) is -5.42. The lowest BCUT2D eigenvalue weighted by atomic mass is 9.92. The molecule has 2 aromatic carbocycles. The Morgan fingerprint density at radius 3 is 1.68 bits per heavy atom. The Labute approximate surface area is 749 Å². The first-order valence-corrected chi connectivity index (χ1v) is 47.4. The Morgan fingerprint density at radius 2 is 1.16 bits per heavy atom. The van der Waals surface area contributed by atoms with Gasteiger partial charge in [-0.05, 0) is 75.1 Å². The predicted molar refractivity (Wildman–Crippen MR) is 468 cm³/mol. The highest BCUT2D eigenvalue weighted by Gasteiger charge is 2.43. The van der Waals surface area contributed by atoms with E-state index in [2.05, 4.69) is 63.1 Å². The molecule has 3 unspecified atom stereocenters. The molecule has 0 spiro atoms. The van der Waals surface area contributed by atoms with Crippen LogP contribution in [-0.4, -0.2) is 324 Å². The average Bonchev–Trinajstić information content (AvgIpc) is 1.75. The van der Waals surface area contributed by atoms with Crippen LogP contribution in [0, 0.1) is 23.7 Å². The van der Waals surface area contributed by atoms with Crippen molar-refractivity contribution in [2.75, 3.05) is 101 Å². The number of aliphatic hydroxyl groups excluding tert-OH is 1. The number of Topliss-reactive ketones (excluding diaryl/α,β-unsaturated/α-hetero) is 2. The first kappa shape index (κ1) is 106. The van der Waals surface area contributed by atoms with E-state index < -0.39 is 248 Å². The first-order chi connectivity index (χ1) is 60.3. The van der Waals surface area contributed by atoms with E-state index in [1.807, 2.05) is 0 Å². The minimum atomic E-state index is -4.21. The van der Waals surface area contributed by atoms with Crippen LogP contribution in [0.15, 0.2) is 60.9 Å². The number of carbonyl (C=O) groups is 16. The lowest BCUT2D eigenvalue weighted by molar-refractivity contribution is -0.893. The molecule has 0 radical (unpaired) electrons. The fourth-order valence-corrected chi connectivity index (χ4v) is 20.6. The summed E-state index contributed by atoms with van der Waals surface area (Å²) < 4.78 is 58.7. The number of primary amides is 1. The molecule has 13 amide bonds. The maximum absolute atomic E-state index is 14.8. The van der Waals surface area contributed by atoms with Crippen LogP contribution >= 0.6 is 23.5 Å². The number of amides is 13. The number of nitrogens with two attached hydrogens (primary N) is 2. The Balaban J connectivity index is 0.00000830. The van der Waals surface area contributed by atoms with Gasteiger partial charge < -0.3 is 99.5 Å². The van der Waals surface area contributed by atoms with Crippen molar-refractivity contribution in [2.45, 2.75) is 180 Å². The Kier molecular flexibility index (Phi) is 41.6. The summed E-state index contributed by atoms with van der Waals surface area (Å²) in [5.41, 5.74) is 13.7. The molecule has 0 saturated carbocycles. The third kappa shape index (κ3) is 31.6. The van der Waals surface area contributed by atoms with Gasteiger partial charge in [-0.15, -0.1) is 0 Å². The topological polar surface area (TPSA) is 637 Å². The molecule has 43 nitrogen and oxygen atoms in total. The van der Waals surface area contributed by atoms with Gasteiger partial charge in [-0.3, -0.25) is 76.7 Å². The van der Waals surface area contributed by atoms with Crippen LogP contribution < -0.4 is 69.5 Å². The number of likely N-dealkylation sites (N-methyl/N-ethyl adjacent to an activating group) is 1. The molecule has 3 fully saturated rings. The van der Waals surface area contributed by atoms with E-state index in [9.17, 15) is 104 Å². The summed E-state index contributed by atoms with van der Waals surface area (Å²) in [6, 6.07) is -0.980. The highest BCUT2D eigenvalue weighted by atomic mass is 32.2. The standard InChI is InChI=1S/C80H119N19O22S4.CO2/c1-11-49-33-63(102)70(48(8)100)94-74(111)52(34-62(101)46(6)86-65(104)39-96(10)66(105)22-23-81)40-122-27-29-124(118,119)97-25-26-98(43-95(9)42-97)125(120,121)30-28-123-41-60(71(82)108)91-78(115)61-21-16-24-99(61)80(117)69(45(4)5)93-76(113)57(31-50-36-83-55-19-14-12-17-53(50)55)88-64(103)38-85-75(112)59(35-67(106)107)90-79(116)68(44(2)3)92-77(114)58(89-72(109)47(7)87-73(49)110)32-51-37-84-56-20-15-13-18-54(51)56;2-1-3/h12-15,17-20,36-37,44-49,52,57-61,68-70,83-84,100H,11,16,21-35,38-43,81H2,1-10H3,(H2,82,108)(H,85,112)(H,86,104)(H,87,110)(H,88,103)(H,89,109)(H,90,116)(H,91,115)(H,92,114)(H,93,113)(H,94,111)(H,106,107);/p+1/t46-,47-,48+,49+,52-,57-,58-,59-,60-,61-,68-,69-,70-;/m0./s1. The van der Waals surface area contributed by atoms with Crippen LogP contribution in [0.3, 0.4) is 0 Å². The molecule has 16 atom stereocenters. The van der Waals surface area contributed by atoms with Crippen molar-refractivity contribution >= 4 is 166 Å². The second-order valence-electron chi connectivity index (χ2n) is 32.5. The molecule has 7 rings (SSSR count). The Hall–Kier alpha value is -10.8. The predicted octanol–water partition coefficient (Wildman–Crippen LogP) is -5.43. The number of nitrogens with zero attached hydrogens (tertiary/aromatic N) is 4. The van der Waals surface area contributed by atoms with Gasteiger partial charge in [0.05, 0.1) is 56.1 Å². The van der Waals surface area contributed by atoms with Crippen LogP contribution in [0.4, 0.5) is 0 Å². The number of hydrogen-bond donors (Lipinski definition) is 17. The van der Waals surface area contributed by atoms with Crippen LogP contribution in [0.5, 0.6) is 0 Å². The van der Waals surface area contributed by atoms with Gasteiger partial charge in [-0.2, -0.15) is 41.7 Å². The van der Waals surface area contributed by atoms with Gasteiger partial charge in [0.1, 0.15) is 67.7 Å². The highest BCUT2D eigenvalue weighted by Crippen LogP contribution is 2.26. The lowest BCUT2D eigenvalue weighted by Gasteiger charge is -2.32. The molecule has 3 saturated heterocycles. The molecule has 0 aliphatic carbocycles. The first-order valence-electron chi connectivity index (χ1n) is 41.9. The molecule has 47 heteroatoms. The van der Waals surface area contributed by atoms with Gasteiger partial charge >= 0.3 is 12.1 Å². The maximum atomic E-state index is 14.8. The number of aliphatic carboxylic acids is 1. The minimum Gasteiger partial charge on any atom is -0.481 e. The number of quaternary nitrogens is 1. The maximum Gasteiger partial charge on any atom is 0.373 e. The number of aromatic amines is 2. The van der Waals surface area contributed by atoms with Gasteiger partial charge in [-0.1, -0.05) is 71.0 Å².